The fourth-order valence-corrected chi connectivity index (χ4v) is 4.56. The average Bonchev–Trinajstić information content (AvgIpc) is 3.06. The Morgan fingerprint density at radius 1 is 0.889 bits per heavy atom. The summed E-state index contributed by atoms with van der Waals surface area (Å²) in [6.45, 7) is 0. The minimum Gasteiger partial charge on any atom is -0.382 e. The summed E-state index contributed by atoms with van der Waals surface area (Å²) < 4.78 is 2.50. The van der Waals surface area contributed by atoms with Crippen LogP contribution in [0, 0.1) is 11.3 Å². The molecule has 2 heterocycles. The second-order valence-electron chi connectivity index (χ2n) is 7.28. The van der Waals surface area contributed by atoms with Crippen LogP contribution >= 0.6 is 0 Å². The van der Waals surface area contributed by atoms with Gasteiger partial charge < -0.3 is 9.88 Å². The Bertz CT molecular complexity index is 1110. The maximum absolute atomic E-state index is 9.04. The van der Waals surface area contributed by atoms with Gasteiger partial charge in [0.25, 0.3) is 0 Å². The zero-order chi connectivity index (χ0) is 18.2. The molecule has 132 valence electrons. The number of rotatable bonds is 3. The van der Waals surface area contributed by atoms with E-state index in [4.69, 9.17) is 5.26 Å². The quantitative estimate of drug-likeness (QED) is 0.501. The van der Waals surface area contributed by atoms with Crippen molar-refractivity contribution in [3.8, 4) is 6.07 Å². The molecule has 3 nitrogen and oxygen atoms in total. The van der Waals surface area contributed by atoms with Crippen molar-refractivity contribution in [2.24, 2.45) is 0 Å². The summed E-state index contributed by atoms with van der Waals surface area (Å²) in [7, 11) is 0. The van der Waals surface area contributed by atoms with Crippen molar-refractivity contribution in [1.82, 2.24) is 4.57 Å². The van der Waals surface area contributed by atoms with E-state index >= 15 is 0 Å². The zero-order valence-electron chi connectivity index (χ0n) is 15.1. The van der Waals surface area contributed by atoms with Crippen LogP contribution in [0.25, 0.3) is 21.8 Å². The third kappa shape index (κ3) is 2.57. The molecule has 1 aromatic heterocycles. The number of anilines is 1. The van der Waals surface area contributed by atoms with Crippen molar-refractivity contribution in [2.75, 3.05) is 5.32 Å². The fraction of sp³-hybridized carbons (Fsp3) is 0.208. The molecule has 4 aromatic rings. The van der Waals surface area contributed by atoms with Crippen molar-refractivity contribution in [2.45, 2.75) is 31.3 Å². The minimum atomic E-state index is 0.260. The molecule has 27 heavy (non-hydrogen) atoms. The molecule has 0 saturated heterocycles. The summed E-state index contributed by atoms with van der Waals surface area (Å²) >= 11 is 0. The maximum atomic E-state index is 9.04. The molecule has 0 spiro atoms. The number of hydrogen-bond donors (Lipinski definition) is 1. The zero-order valence-corrected chi connectivity index (χ0v) is 15.1. The average molecular weight is 351 g/mol. The monoisotopic (exact) mass is 351 g/mol. The first-order valence-corrected chi connectivity index (χ1v) is 9.57. The summed E-state index contributed by atoms with van der Waals surface area (Å²) in [5.74, 6) is 0. The van der Waals surface area contributed by atoms with E-state index in [0.717, 1.165) is 12.8 Å². The molecular formula is C24H21N3. The number of nitrogens with zero attached hydrogens (tertiary/aromatic N) is 2. The molecule has 5 rings (SSSR count). The second kappa shape index (κ2) is 6.48. The summed E-state index contributed by atoms with van der Waals surface area (Å²) in [5, 5.41) is 15.3. The molecule has 1 N–H and O–H groups in total. The normalized spacial score (nSPS) is 18.8. The number of fused-ring (bicyclic) bond motifs is 4. The molecule has 1 aliphatic heterocycles. The van der Waals surface area contributed by atoms with E-state index in [1.807, 2.05) is 0 Å². The van der Waals surface area contributed by atoms with Gasteiger partial charge in [-0.2, -0.15) is 5.26 Å². The van der Waals surface area contributed by atoms with Gasteiger partial charge in [0.15, 0.2) is 0 Å². The van der Waals surface area contributed by atoms with Gasteiger partial charge in [-0.05, 0) is 36.6 Å². The number of nitrogens with one attached hydrogen (secondary N) is 1. The number of para-hydroxylation sites is 3. The van der Waals surface area contributed by atoms with Crippen LogP contribution in [0.5, 0.6) is 0 Å². The van der Waals surface area contributed by atoms with Crippen molar-refractivity contribution < 1.29 is 0 Å². The molecule has 1 aliphatic rings. The minimum absolute atomic E-state index is 0.260. The summed E-state index contributed by atoms with van der Waals surface area (Å²) in [4.78, 5) is 0. The highest BCUT2D eigenvalue weighted by molar-refractivity contribution is 6.08. The van der Waals surface area contributed by atoms with Gasteiger partial charge in [0.05, 0.1) is 12.1 Å². The van der Waals surface area contributed by atoms with Crippen molar-refractivity contribution in [1.29, 1.82) is 5.26 Å². The Kier molecular flexibility index (Phi) is 3.83. The highest BCUT2D eigenvalue weighted by atomic mass is 15.1. The van der Waals surface area contributed by atoms with Crippen LogP contribution in [-0.2, 0) is 0 Å². The number of hydrogen-bond acceptors (Lipinski definition) is 2. The lowest BCUT2D eigenvalue weighted by Gasteiger charge is -2.34. The Morgan fingerprint density at radius 2 is 1.52 bits per heavy atom. The molecular weight excluding hydrogens is 330 g/mol. The maximum Gasteiger partial charge on any atom is 0.0631 e. The van der Waals surface area contributed by atoms with Crippen LogP contribution in [0.15, 0.2) is 72.8 Å². The molecule has 3 heteroatoms. The van der Waals surface area contributed by atoms with Gasteiger partial charge in [0.1, 0.15) is 0 Å². The molecule has 0 amide bonds. The van der Waals surface area contributed by atoms with Crippen LogP contribution in [0.2, 0.25) is 0 Å². The highest BCUT2D eigenvalue weighted by Gasteiger charge is 2.29. The van der Waals surface area contributed by atoms with E-state index in [9.17, 15) is 0 Å². The van der Waals surface area contributed by atoms with Crippen LogP contribution in [0.3, 0.4) is 0 Å². The molecule has 3 aromatic carbocycles. The van der Waals surface area contributed by atoms with Gasteiger partial charge >= 0.3 is 0 Å². The highest BCUT2D eigenvalue weighted by Crippen LogP contribution is 2.41. The van der Waals surface area contributed by atoms with Crippen LogP contribution in [0.4, 0.5) is 5.69 Å². The van der Waals surface area contributed by atoms with E-state index in [-0.39, 0.29) is 6.04 Å². The molecule has 0 saturated carbocycles. The SMILES string of the molecule is N#CCCC1CC(n2c3ccccc3c3ccccc32)c2ccccc2N1. The Labute approximate surface area is 158 Å². The van der Waals surface area contributed by atoms with Gasteiger partial charge in [0, 0.05) is 40.0 Å². The first-order valence-electron chi connectivity index (χ1n) is 9.57. The number of aromatic nitrogens is 1. The molecule has 0 radical (unpaired) electrons. The topological polar surface area (TPSA) is 40.8 Å². The van der Waals surface area contributed by atoms with Crippen LogP contribution in [-0.4, -0.2) is 10.6 Å². The Morgan fingerprint density at radius 3 is 2.22 bits per heavy atom. The summed E-state index contributed by atoms with van der Waals surface area (Å²) in [6, 6.07) is 28.8. The molecule has 0 bridgehead atoms. The van der Waals surface area contributed by atoms with E-state index in [1.54, 1.807) is 0 Å². The number of benzene rings is 3. The largest absolute Gasteiger partial charge is 0.382 e. The third-order valence-electron chi connectivity index (χ3n) is 5.72. The summed E-state index contributed by atoms with van der Waals surface area (Å²) in [6.07, 6.45) is 2.44. The van der Waals surface area contributed by atoms with Gasteiger partial charge in [-0.3, -0.25) is 0 Å². The van der Waals surface area contributed by atoms with Crippen molar-refractivity contribution in [3.05, 3.63) is 78.4 Å². The molecule has 0 fully saturated rings. The van der Waals surface area contributed by atoms with Gasteiger partial charge in [-0.25, -0.2) is 0 Å². The van der Waals surface area contributed by atoms with E-state index in [1.165, 1.54) is 33.1 Å². The van der Waals surface area contributed by atoms with E-state index < -0.39 is 0 Å². The molecule has 2 unspecified atom stereocenters. The Balaban J connectivity index is 1.74. The lowest BCUT2D eigenvalue weighted by atomic mass is 9.90. The fourth-order valence-electron chi connectivity index (χ4n) is 4.56. The van der Waals surface area contributed by atoms with Gasteiger partial charge in [0.2, 0.25) is 0 Å². The third-order valence-corrected chi connectivity index (χ3v) is 5.72. The predicted octanol–water partition coefficient (Wildman–Crippen LogP) is 5.87. The Hall–Kier alpha value is -3.25. The smallest absolute Gasteiger partial charge is 0.0631 e. The lowest BCUT2D eigenvalue weighted by Crippen LogP contribution is -2.31. The van der Waals surface area contributed by atoms with Gasteiger partial charge in [-0.1, -0.05) is 54.6 Å². The van der Waals surface area contributed by atoms with E-state index in [0.29, 0.717) is 12.5 Å². The standard InChI is InChI=1S/C24H21N3/c25-15-7-8-17-16-24(20-11-1-4-12-21(20)26-17)27-22-13-5-2-9-18(22)19-10-3-6-14-23(19)27/h1-6,9-14,17,24,26H,7-8,16H2. The van der Waals surface area contributed by atoms with Crippen LogP contribution < -0.4 is 5.32 Å². The molecule has 2 atom stereocenters. The molecule has 0 aliphatic carbocycles. The van der Waals surface area contributed by atoms with Crippen LogP contribution in [0.1, 0.15) is 30.9 Å². The van der Waals surface area contributed by atoms with E-state index in [2.05, 4.69) is 88.7 Å². The lowest BCUT2D eigenvalue weighted by molar-refractivity contribution is 0.478. The number of nitriles is 1. The predicted molar refractivity (Wildman–Crippen MR) is 111 cm³/mol. The first-order chi connectivity index (χ1) is 13.4. The van der Waals surface area contributed by atoms with Crippen molar-refractivity contribution in [3.63, 3.8) is 0 Å². The first kappa shape index (κ1) is 16.0. The van der Waals surface area contributed by atoms with Gasteiger partial charge in [-0.15, -0.1) is 0 Å². The summed E-state index contributed by atoms with van der Waals surface area (Å²) in [5.41, 5.74) is 5.08. The second-order valence-corrected chi connectivity index (χ2v) is 7.28. The van der Waals surface area contributed by atoms with Crippen molar-refractivity contribution >= 4 is 27.5 Å².